The van der Waals surface area contributed by atoms with Gasteiger partial charge in [0.2, 0.25) is 0 Å². The molecular weight excluding hydrogens is 324 g/mol. The lowest BCUT2D eigenvalue weighted by Crippen LogP contribution is -2.45. The normalized spacial score (nSPS) is 19.5. The fourth-order valence-corrected chi connectivity index (χ4v) is 4.58. The Kier molecular flexibility index (Phi) is 4.66. The monoisotopic (exact) mass is 350 g/mol. The highest BCUT2D eigenvalue weighted by Gasteiger charge is 2.37. The van der Waals surface area contributed by atoms with Crippen molar-refractivity contribution in [3.05, 3.63) is 58.4 Å². The molecule has 4 rings (SSSR count). The molecule has 26 heavy (non-hydrogen) atoms. The average Bonchev–Trinajstić information content (AvgIpc) is 2.69. The number of aromatic nitrogens is 1. The molecule has 0 unspecified atom stereocenters. The molecule has 1 aliphatic heterocycles. The van der Waals surface area contributed by atoms with Crippen molar-refractivity contribution in [2.45, 2.75) is 44.9 Å². The van der Waals surface area contributed by atoms with Gasteiger partial charge in [0.1, 0.15) is 5.56 Å². The number of pyridine rings is 1. The number of hydrogen-bond acceptors (Lipinski definition) is 2. The van der Waals surface area contributed by atoms with E-state index in [1.54, 1.807) is 6.07 Å². The Hall–Kier alpha value is -2.36. The Bertz CT molecular complexity index is 825. The predicted octanol–water partition coefficient (Wildman–Crippen LogP) is 4.23. The molecule has 4 nitrogen and oxygen atoms in total. The minimum Gasteiger partial charge on any atom is -0.338 e. The molecule has 1 amide bonds. The lowest BCUT2D eigenvalue weighted by atomic mass is 9.68. The van der Waals surface area contributed by atoms with Crippen LogP contribution in [0.15, 0.2) is 47.3 Å². The zero-order valence-corrected chi connectivity index (χ0v) is 15.2. The first-order valence-electron chi connectivity index (χ1n) is 9.75. The summed E-state index contributed by atoms with van der Waals surface area (Å²) in [6.45, 7) is 1.55. The smallest absolute Gasteiger partial charge is 0.261 e. The van der Waals surface area contributed by atoms with E-state index in [2.05, 4.69) is 4.98 Å². The molecule has 1 saturated heterocycles. The van der Waals surface area contributed by atoms with Crippen LogP contribution < -0.4 is 5.56 Å². The standard InChI is InChI=1S/C22H26N2O2/c25-20-18(9-10-19(23-20)17-7-3-1-4-8-17)21(26)24-15-13-22(14-16-24)11-5-2-6-12-22/h1,3-4,7-10H,2,5-6,11-16H2,(H,23,25). The minimum absolute atomic E-state index is 0.128. The van der Waals surface area contributed by atoms with E-state index in [-0.39, 0.29) is 17.0 Å². The molecule has 1 spiro atoms. The SMILES string of the molecule is O=C(c1ccc(-c2ccccc2)[nH]c1=O)N1CCC2(CCCCC2)CC1. The van der Waals surface area contributed by atoms with E-state index >= 15 is 0 Å². The highest BCUT2D eigenvalue weighted by atomic mass is 16.2. The second-order valence-electron chi connectivity index (χ2n) is 7.83. The lowest BCUT2D eigenvalue weighted by Gasteiger charge is -2.44. The molecule has 1 N–H and O–H groups in total. The summed E-state index contributed by atoms with van der Waals surface area (Å²) in [5.74, 6) is -0.128. The van der Waals surface area contributed by atoms with Crippen LogP contribution >= 0.6 is 0 Å². The van der Waals surface area contributed by atoms with E-state index in [9.17, 15) is 9.59 Å². The van der Waals surface area contributed by atoms with Crippen LogP contribution in [0.5, 0.6) is 0 Å². The quantitative estimate of drug-likeness (QED) is 0.881. The van der Waals surface area contributed by atoms with Gasteiger partial charge in [-0.3, -0.25) is 9.59 Å². The van der Waals surface area contributed by atoms with Gasteiger partial charge in [-0.25, -0.2) is 0 Å². The largest absolute Gasteiger partial charge is 0.338 e. The molecule has 2 heterocycles. The van der Waals surface area contributed by atoms with E-state index in [0.29, 0.717) is 5.41 Å². The van der Waals surface area contributed by atoms with Gasteiger partial charge < -0.3 is 9.88 Å². The number of rotatable bonds is 2. The summed E-state index contributed by atoms with van der Waals surface area (Å²) in [4.78, 5) is 30.1. The van der Waals surface area contributed by atoms with Crippen LogP contribution in [0, 0.1) is 5.41 Å². The minimum atomic E-state index is -0.297. The average molecular weight is 350 g/mol. The van der Waals surface area contributed by atoms with Crippen molar-refractivity contribution < 1.29 is 4.79 Å². The number of amides is 1. The van der Waals surface area contributed by atoms with Crippen LogP contribution in [-0.2, 0) is 0 Å². The molecule has 1 aliphatic carbocycles. The molecule has 2 aromatic rings. The molecule has 0 atom stereocenters. The first-order valence-corrected chi connectivity index (χ1v) is 9.75. The Morgan fingerprint density at radius 1 is 0.885 bits per heavy atom. The molecule has 0 bridgehead atoms. The Morgan fingerprint density at radius 3 is 2.23 bits per heavy atom. The van der Waals surface area contributed by atoms with Crippen molar-refractivity contribution in [2.75, 3.05) is 13.1 Å². The second kappa shape index (κ2) is 7.10. The van der Waals surface area contributed by atoms with Gasteiger partial charge in [-0.15, -0.1) is 0 Å². The highest BCUT2D eigenvalue weighted by Crippen LogP contribution is 2.44. The second-order valence-corrected chi connectivity index (χ2v) is 7.83. The van der Waals surface area contributed by atoms with Crippen LogP contribution in [0.3, 0.4) is 0 Å². The van der Waals surface area contributed by atoms with E-state index in [1.807, 2.05) is 41.3 Å². The number of H-pyrrole nitrogens is 1. The summed E-state index contributed by atoms with van der Waals surface area (Å²) < 4.78 is 0. The van der Waals surface area contributed by atoms with Crippen molar-refractivity contribution in [3.8, 4) is 11.3 Å². The van der Waals surface area contributed by atoms with Gasteiger partial charge in [0.15, 0.2) is 0 Å². The maximum Gasteiger partial charge on any atom is 0.261 e. The summed E-state index contributed by atoms with van der Waals surface area (Å²) in [5, 5.41) is 0. The Morgan fingerprint density at radius 2 is 1.58 bits per heavy atom. The van der Waals surface area contributed by atoms with Crippen LogP contribution in [0.4, 0.5) is 0 Å². The number of carbonyl (C=O) groups excluding carboxylic acids is 1. The highest BCUT2D eigenvalue weighted by molar-refractivity contribution is 5.94. The van der Waals surface area contributed by atoms with Crippen molar-refractivity contribution in [3.63, 3.8) is 0 Å². The number of hydrogen-bond donors (Lipinski definition) is 1. The number of likely N-dealkylation sites (tertiary alicyclic amines) is 1. The van der Waals surface area contributed by atoms with Gasteiger partial charge in [0.05, 0.1) is 0 Å². The van der Waals surface area contributed by atoms with Crippen LogP contribution in [0.2, 0.25) is 0 Å². The predicted molar refractivity (Wildman–Crippen MR) is 103 cm³/mol. The number of nitrogens with zero attached hydrogens (tertiary/aromatic N) is 1. The third-order valence-electron chi connectivity index (χ3n) is 6.25. The number of aromatic amines is 1. The zero-order valence-electron chi connectivity index (χ0n) is 15.2. The third kappa shape index (κ3) is 3.33. The molecule has 1 aromatic carbocycles. The fourth-order valence-electron chi connectivity index (χ4n) is 4.58. The summed E-state index contributed by atoms with van der Waals surface area (Å²) in [7, 11) is 0. The van der Waals surface area contributed by atoms with Crippen LogP contribution in [0.25, 0.3) is 11.3 Å². The van der Waals surface area contributed by atoms with Gasteiger partial charge in [0, 0.05) is 18.8 Å². The lowest BCUT2D eigenvalue weighted by molar-refractivity contribution is 0.0470. The first-order chi connectivity index (χ1) is 12.7. The maximum atomic E-state index is 12.8. The number of carbonyl (C=O) groups is 1. The van der Waals surface area contributed by atoms with Crippen LogP contribution in [-0.4, -0.2) is 28.9 Å². The Labute approximate surface area is 154 Å². The van der Waals surface area contributed by atoms with Crippen molar-refractivity contribution >= 4 is 5.91 Å². The van der Waals surface area contributed by atoms with Crippen molar-refractivity contribution in [2.24, 2.45) is 5.41 Å². The van der Waals surface area contributed by atoms with Crippen molar-refractivity contribution in [1.82, 2.24) is 9.88 Å². The number of nitrogens with one attached hydrogen (secondary N) is 1. The molecule has 2 aliphatic rings. The number of benzene rings is 1. The van der Waals surface area contributed by atoms with E-state index in [0.717, 1.165) is 37.2 Å². The third-order valence-corrected chi connectivity index (χ3v) is 6.25. The van der Waals surface area contributed by atoms with E-state index in [1.165, 1.54) is 32.1 Å². The number of piperidine rings is 1. The van der Waals surface area contributed by atoms with Gasteiger partial charge in [-0.05, 0) is 48.8 Å². The van der Waals surface area contributed by atoms with Gasteiger partial charge in [-0.1, -0.05) is 49.6 Å². The summed E-state index contributed by atoms with van der Waals surface area (Å²) in [6, 6.07) is 13.2. The van der Waals surface area contributed by atoms with Crippen molar-refractivity contribution in [1.29, 1.82) is 0 Å². The zero-order chi connectivity index (χ0) is 18.0. The molecule has 1 saturated carbocycles. The van der Waals surface area contributed by atoms with Gasteiger partial charge >= 0.3 is 0 Å². The van der Waals surface area contributed by atoms with Gasteiger partial charge in [0.25, 0.3) is 11.5 Å². The fraction of sp³-hybridized carbons (Fsp3) is 0.455. The molecule has 0 radical (unpaired) electrons. The molecular formula is C22H26N2O2. The molecule has 2 fully saturated rings. The van der Waals surface area contributed by atoms with E-state index in [4.69, 9.17) is 0 Å². The Balaban J connectivity index is 1.48. The summed E-state index contributed by atoms with van der Waals surface area (Å²) >= 11 is 0. The molecule has 4 heteroatoms. The molecule has 1 aromatic heterocycles. The van der Waals surface area contributed by atoms with Gasteiger partial charge in [-0.2, -0.15) is 0 Å². The maximum absolute atomic E-state index is 12.8. The summed E-state index contributed by atoms with van der Waals surface area (Å²) in [5.41, 5.74) is 2.10. The topological polar surface area (TPSA) is 53.2 Å². The first kappa shape index (κ1) is 17.1. The summed E-state index contributed by atoms with van der Waals surface area (Å²) in [6.07, 6.45) is 8.79. The van der Waals surface area contributed by atoms with E-state index < -0.39 is 0 Å². The molecule has 136 valence electrons. The van der Waals surface area contributed by atoms with Crippen LogP contribution in [0.1, 0.15) is 55.3 Å².